The molecule has 1 aliphatic rings. The number of carbonyl (C=O) groups excluding carboxylic acids is 1. The minimum absolute atomic E-state index is 0.0411. The maximum Gasteiger partial charge on any atom is 0.415 e. The van der Waals surface area contributed by atoms with Gasteiger partial charge in [-0.1, -0.05) is 30.3 Å². The Bertz CT molecular complexity index is 892. The lowest BCUT2D eigenvalue weighted by Gasteiger charge is -2.24. The van der Waals surface area contributed by atoms with Gasteiger partial charge in [-0.25, -0.2) is 4.79 Å². The van der Waals surface area contributed by atoms with E-state index >= 15 is 0 Å². The summed E-state index contributed by atoms with van der Waals surface area (Å²) < 4.78 is 10.1. The number of anilines is 1. The van der Waals surface area contributed by atoms with Crippen LogP contribution in [0.4, 0.5) is 10.5 Å². The van der Waals surface area contributed by atoms with Crippen LogP contribution in [0.1, 0.15) is 35.6 Å². The van der Waals surface area contributed by atoms with E-state index in [0.717, 1.165) is 24.0 Å². The summed E-state index contributed by atoms with van der Waals surface area (Å²) >= 11 is 0. The fraction of sp³-hybridized carbons (Fsp3) is 0.318. The number of hydrogen-bond acceptors (Lipinski definition) is 5. The van der Waals surface area contributed by atoms with E-state index in [2.05, 4.69) is 18.2 Å². The van der Waals surface area contributed by atoms with E-state index in [9.17, 15) is 4.79 Å². The fourth-order valence-corrected chi connectivity index (χ4v) is 3.65. The van der Waals surface area contributed by atoms with Gasteiger partial charge in [0, 0.05) is 18.2 Å². The fourth-order valence-electron chi connectivity index (χ4n) is 3.65. The van der Waals surface area contributed by atoms with Gasteiger partial charge in [0.15, 0.2) is 5.76 Å². The highest BCUT2D eigenvalue weighted by Crippen LogP contribution is 2.34. The minimum atomic E-state index is -0.527. The number of nitrogens with zero attached hydrogens (tertiary/aromatic N) is 1. The number of allylic oxidation sites excluding steroid dienone is 1. The number of para-hydroxylation sites is 1. The average Bonchev–Trinajstić information content (AvgIpc) is 3.20. The van der Waals surface area contributed by atoms with Crippen LogP contribution in [0, 0.1) is 0 Å². The first kappa shape index (κ1) is 19.9. The molecule has 28 heavy (non-hydrogen) atoms. The van der Waals surface area contributed by atoms with Crippen LogP contribution in [0.2, 0.25) is 0 Å². The van der Waals surface area contributed by atoms with Crippen molar-refractivity contribution in [3.05, 3.63) is 64.7 Å². The van der Waals surface area contributed by atoms with E-state index in [1.807, 2.05) is 25.1 Å². The predicted molar refractivity (Wildman–Crippen MR) is 109 cm³/mol. The molecule has 2 aromatic rings. The number of ether oxygens (including phenoxy) is 2. The third-order valence-corrected chi connectivity index (χ3v) is 5.08. The van der Waals surface area contributed by atoms with Crippen LogP contribution in [-0.4, -0.2) is 27.0 Å². The first-order chi connectivity index (χ1) is 13.6. The van der Waals surface area contributed by atoms with Crippen LogP contribution in [0.3, 0.4) is 0 Å². The van der Waals surface area contributed by atoms with Crippen molar-refractivity contribution in [1.29, 1.82) is 0 Å². The van der Waals surface area contributed by atoms with E-state index in [1.165, 1.54) is 36.7 Å². The summed E-state index contributed by atoms with van der Waals surface area (Å²) in [5.41, 5.74) is 6.00. The number of benzene rings is 2. The number of carbonyl (C=O) groups is 1. The molecule has 0 aliphatic heterocycles. The monoisotopic (exact) mass is 382 g/mol. The van der Waals surface area contributed by atoms with E-state index in [-0.39, 0.29) is 6.73 Å². The lowest BCUT2D eigenvalue weighted by atomic mass is 9.98. The highest BCUT2D eigenvalue weighted by molar-refractivity contribution is 5.96. The second kappa shape index (κ2) is 8.91. The van der Waals surface area contributed by atoms with Crippen LogP contribution in [0.15, 0.2) is 42.5 Å². The van der Waals surface area contributed by atoms with Gasteiger partial charge in [0.05, 0.1) is 12.8 Å². The molecule has 1 aliphatic carbocycles. The number of fused-ring (bicyclic) bond motifs is 1. The molecule has 2 aromatic carbocycles. The molecule has 148 valence electrons. The topological polar surface area (TPSA) is 74.0 Å². The van der Waals surface area contributed by atoms with Crippen LogP contribution in [0.5, 0.6) is 0 Å². The summed E-state index contributed by atoms with van der Waals surface area (Å²) in [4.78, 5) is 19.0. The molecule has 6 heteroatoms. The number of rotatable bonds is 6. The van der Waals surface area contributed by atoms with Crippen LogP contribution >= 0.6 is 0 Å². The number of amides is 1. The molecule has 0 unspecified atom stereocenters. The molecule has 6 nitrogen and oxygen atoms in total. The van der Waals surface area contributed by atoms with Gasteiger partial charge in [-0.05, 0) is 55.0 Å². The van der Waals surface area contributed by atoms with Crippen molar-refractivity contribution in [2.75, 3.05) is 25.9 Å². The Labute approximate surface area is 165 Å². The smallest absolute Gasteiger partial charge is 0.415 e. The third-order valence-electron chi connectivity index (χ3n) is 5.08. The molecule has 0 atom stereocenters. The van der Waals surface area contributed by atoms with Gasteiger partial charge in [0.1, 0.15) is 6.73 Å². The molecule has 0 spiro atoms. The zero-order valence-corrected chi connectivity index (χ0v) is 16.5. The SMILES string of the molecule is COCN(C(=O)OC)c1ccccc1/C(ON)=C(/C)c1ccc2c(c1)CCC2. The number of methoxy groups -OCH3 is 2. The summed E-state index contributed by atoms with van der Waals surface area (Å²) in [5.74, 6) is 6.18. The zero-order valence-electron chi connectivity index (χ0n) is 16.5. The van der Waals surface area contributed by atoms with Gasteiger partial charge in [-0.15, -0.1) is 0 Å². The first-order valence-electron chi connectivity index (χ1n) is 9.24. The van der Waals surface area contributed by atoms with Crippen LogP contribution in [-0.2, 0) is 27.2 Å². The first-order valence-corrected chi connectivity index (χ1v) is 9.24. The second-order valence-electron chi connectivity index (χ2n) is 6.74. The molecular weight excluding hydrogens is 356 g/mol. The molecule has 0 fully saturated rings. The maximum absolute atomic E-state index is 12.3. The molecule has 0 bridgehead atoms. The summed E-state index contributed by atoms with van der Waals surface area (Å²) in [5, 5.41) is 0. The summed E-state index contributed by atoms with van der Waals surface area (Å²) in [7, 11) is 2.85. The Morgan fingerprint density at radius 2 is 1.86 bits per heavy atom. The van der Waals surface area contributed by atoms with Gasteiger partial charge in [0.25, 0.3) is 0 Å². The zero-order chi connectivity index (χ0) is 20.1. The molecule has 2 N–H and O–H groups in total. The third kappa shape index (κ3) is 3.88. The maximum atomic E-state index is 12.3. The number of aryl methyl sites for hydroxylation is 2. The standard InChI is InChI=1S/C22H26N2O4/c1-15(17-12-11-16-7-6-8-18(16)13-17)21(28-23)19-9-4-5-10-20(19)24(14-26-2)22(25)27-3/h4-5,9-13H,6-8,14,23H2,1-3H3/b21-15+. The van der Waals surface area contributed by atoms with E-state index in [0.29, 0.717) is 17.0 Å². The molecule has 3 rings (SSSR count). The Hall–Kier alpha value is -2.83. The Kier molecular flexibility index (Phi) is 6.34. The van der Waals surface area contributed by atoms with Crippen molar-refractivity contribution in [3.63, 3.8) is 0 Å². The van der Waals surface area contributed by atoms with E-state index in [4.69, 9.17) is 20.2 Å². The van der Waals surface area contributed by atoms with Crippen molar-refractivity contribution in [1.82, 2.24) is 0 Å². The van der Waals surface area contributed by atoms with Gasteiger partial charge in [-0.3, -0.25) is 4.90 Å². The average molecular weight is 382 g/mol. The van der Waals surface area contributed by atoms with E-state index < -0.39 is 6.09 Å². The van der Waals surface area contributed by atoms with Gasteiger partial charge >= 0.3 is 6.09 Å². The van der Waals surface area contributed by atoms with Gasteiger partial charge in [0.2, 0.25) is 0 Å². The van der Waals surface area contributed by atoms with Crippen LogP contribution < -0.4 is 10.8 Å². The minimum Gasteiger partial charge on any atom is -0.452 e. The van der Waals surface area contributed by atoms with Gasteiger partial charge in [-0.2, -0.15) is 5.90 Å². The summed E-state index contributed by atoms with van der Waals surface area (Å²) in [6.07, 6.45) is 2.89. The quantitative estimate of drug-likeness (QED) is 0.352. The summed E-state index contributed by atoms with van der Waals surface area (Å²) in [6.45, 7) is 2.01. The van der Waals surface area contributed by atoms with Crippen molar-refractivity contribution in [2.45, 2.75) is 26.2 Å². The Morgan fingerprint density at radius 3 is 2.57 bits per heavy atom. The predicted octanol–water partition coefficient (Wildman–Crippen LogP) is 4.13. The van der Waals surface area contributed by atoms with Crippen LogP contribution in [0.25, 0.3) is 11.3 Å². The molecule has 0 heterocycles. The molecular formula is C22H26N2O4. The highest BCUT2D eigenvalue weighted by Gasteiger charge is 2.23. The normalized spacial score (nSPS) is 13.6. The van der Waals surface area contributed by atoms with Crippen molar-refractivity contribution >= 4 is 23.1 Å². The number of nitrogens with two attached hydrogens (primary N) is 1. The number of hydrogen-bond donors (Lipinski definition) is 1. The molecule has 0 aromatic heterocycles. The highest BCUT2D eigenvalue weighted by atomic mass is 16.6. The molecule has 1 amide bonds. The molecule has 0 saturated heterocycles. The lowest BCUT2D eigenvalue weighted by Crippen LogP contribution is -2.33. The lowest BCUT2D eigenvalue weighted by molar-refractivity contribution is 0.153. The van der Waals surface area contributed by atoms with E-state index in [1.54, 1.807) is 6.07 Å². The van der Waals surface area contributed by atoms with Gasteiger partial charge < -0.3 is 14.3 Å². The van der Waals surface area contributed by atoms with Crippen molar-refractivity contribution < 1.29 is 19.1 Å². The Morgan fingerprint density at radius 1 is 1.11 bits per heavy atom. The second-order valence-corrected chi connectivity index (χ2v) is 6.74. The van der Waals surface area contributed by atoms with Crippen molar-refractivity contribution in [3.8, 4) is 0 Å². The largest absolute Gasteiger partial charge is 0.452 e. The molecule has 0 saturated carbocycles. The van der Waals surface area contributed by atoms with Crippen molar-refractivity contribution in [2.24, 2.45) is 5.90 Å². The Balaban J connectivity index is 2.10. The molecule has 0 radical (unpaired) electrons. The summed E-state index contributed by atoms with van der Waals surface area (Å²) in [6, 6.07) is 13.8.